The average molecular weight is 808 g/mol. The van der Waals surface area contributed by atoms with Crippen LogP contribution in [0.2, 0.25) is 0 Å². The highest BCUT2D eigenvalue weighted by Gasteiger charge is 2.55. The summed E-state index contributed by atoms with van der Waals surface area (Å²) in [5, 5.41) is 7.69. The number of likely N-dealkylation sites (tertiary alicyclic amines) is 2. The highest BCUT2D eigenvalue weighted by Crippen LogP contribution is 2.58. The number of alkyl carbamates (subject to hydrolysis) is 3. The van der Waals surface area contributed by atoms with E-state index in [9.17, 15) is 24.0 Å². The Balaban J connectivity index is 1.02. The first-order valence-electron chi connectivity index (χ1n) is 19.7. The van der Waals surface area contributed by atoms with Crippen LogP contribution in [0.3, 0.4) is 0 Å². The number of carbonyl (C=O) groups excluding carboxylic acids is 5. The second-order valence-electron chi connectivity index (χ2n) is 15.7. The van der Waals surface area contributed by atoms with Crippen LogP contribution in [0.5, 0.6) is 0 Å². The van der Waals surface area contributed by atoms with E-state index in [1.54, 1.807) is 11.1 Å². The Bertz CT molecular complexity index is 2290. The van der Waals surface area contributed by atoms with Crippen LogP contribution in [0.1, 0.15) is 80.8 Å². The third-order valence-corrected chi connectivity index (χ3v) is 11.4. The molecular weight excluding hydrogens is 759 g/mol. The van der Waals surface area contributed by atoms with Gasteiger partial charge in [0.05, 0.1) is 62.9 Å². The Hall–Kier alpha value is -6.57. The van der Waals surface area contributed by atoms with Gasteiger partial charge >= 0.3 is 18.3 Å². The third kappa shape index (κ3) is 8.96. The molecule has 0 bridgehead atoms. The molecule has 5 N–H and O–H groups in total. The second kappa shape index (κ2) is 17.1. The van der Waals surface area contributed by atoms with Crippen molar-refractivity contribution < 1.29 is 38.2 Å². The number of ether oxygens (including phenoxy) is 3. The zero-order chi connectivity index (χ0) is 41.8. The zero-order valence-electron chi connectivity index (χ0n) is 33.7. The fraction of sp³-hybridized carbons (Fsp3) is 0.452. The Morgan fingerprint density at radius 2 is 1.54 bits per heavy atom. The molecule has 3 fully saturated rings. The third-order valence-electron chi connectivity index (χ3n) is 11.4. The van der Waals surface area contributed by atoms with Crippen molar-refractivity contribution in [1.82, 2.24) is 45.7 Å². The molecule has 1 saturated carbocycles. The molecule has 3 aliphatic rings. The molecule has 0 radical (unpaired) electrons. The van der Waals surface area contributed by atoms with Crippen molar-refractivity contribution in [1.29, 1.82) is 0 Å². The Morgan fingerprint density at radius 1 is 0.847 bits per heavy atom. The minimum absolute atomic E-state index is 0.0951. The molecule has 5 amide bonds. The summed E-state index contributed by atoms with van der Waals surface area (Å²) in [5.41, 5.74) is 4.97. The van der Waals surface area contributed by atoms with Crippen LogP contribution >= 0.6 is 0 Å². The van der Waals surface area contributed by atoms with Crippen molar-refractivity contribution in [3.63, 3.8) is 0 Å². The fourth-order valence-corrected chi connectivity index (χ4v) is 7.92. The first-order chi connectivity index (χ1) is 28.4. The molecule has 310 valence electrons. The molecule has 7 rings (SSSR count). The minimum Gasteiger partial charge on any atom is -0.453 e. The smallest absolute Gasteiger partial charge is 0.407 e. The van der Waals surface area contributed by atoms with E-state index >= 15 is 0 Å². The van der Waals surface area contributed by atoms with Crippen LogP contribution in [0.15, 0.2) is 48.7 Å². The number of hydrogen-bond donors (Lipinski definition) is 5. The number of amides is 5. The van der Waals surface area contributed by atoms with Gasteiger partial charge in [-0.15, -0.1) is 0 Å². The Morgan fingerprint density at radius 3 is 2.24 bits per heavy atom. The van der Waals surface area contributed by atoms with Crippen LogP contribution in [0.4, 0.5) is 14.4 Å². The maximum absolute atomic E-state index is 13.9. The largest absolute Gasteiger partial charge is 0.453 e. The van der Waals surface area contributed by atoms with Gasteiger partial charge in [-0.3, -0.25) is 9.59 Å². The molecule has 2 aliphatic heterocycles. The number of imidazole rings is 2. The Kier molecular flexibility index (Phi) is 11.8. The van der Waals surface area contributed by atoms with Gasteiger partial charge in [0.2, 0.25) is 11.8 Å². The number of aromatic nitrogens is 4. The number of hydrogen-bond acceptors (Lipinski definition) is 10. The lowest BCUT2D eigenvalue weighted by atomic mass is 10.0. The monoisotopic (exact) mass is 807 g/mol. The summed E-state index contributed by atoms with van der Waals surface area (Å²) in [6, 6.07) is 11.2. The molecule has 4 atom stereocenters. The lowest BCUT2D eigenvalue weighted by molar-refractivity contribution is -0.136. The lowest BCUT2D eigenvalue weighted by Crippen LogP contribution is -2.53. The van der Waals surface area contributed by atoms with E-state index in [-0.39, 0.29) is 41.8 Å². The van der Waals surface area contributed by atoms with Gasteiger partial charge < -0.3 is 49.9 Å². The van der Waals surface area contributed by atoms with E-state index in [1.807, 2.05) is 61.2 Å². The Labute approximate surface area is 341 Å². The van der Waals surface area contributed by atoms with Crippen molar-refractivity contribution in [3.8, 4) is 23.1 Å². The molecular formula is C42H49N9O8. The van der Waals surface area contributed by atoms with Crippen LogP contribution in [0, 0.1) is 23.2 Å². The number of fused-ring (bicyclic) bond motifs is 1. The summed E-state index contributed by atoms with van der Waals surface area (Å²) in [6.45, 7) is 4.72. The molecule has 17 nitrogen and oxygen atoms in total. The standard InChI is InChI=1S/C42H49N9O8/c1-24(2)34(49-41(56)59-5)38(53)51-23-42(16-17-42)20-33(51)36-45-28-15-12-26(19-29(28)46-36)9-8-25-10-13-27(14-11-25)30-21-43-35(47-30)32-7-6-18-50(32)37(52)31(48-40(55)58-4)22-44-39(54)57-3/h10-15,19,21,24,31-34H,6-7,16-18,20,22-23H2,1-5H3,(H,43,47)(H,44,54)(H,45,46)(H,48,55)(H,49,56)/t31-,32-,33-,34-/m0/s1. The molecule has 4 heterocycles. The van der Waals surface area contributed by atoms with Crippen LogP contribution in [0.25, 0.3) is 22.3 Å². The van der Waals surface area contributed by atoms with Crippen LogP contribution < -0.4 is 16.0 Å². The molecule has 1 aliphatic carbocycles. The molecule has 1 spiro atoms. The summed E-state index contributed by atoms with van der Waals surface area (Å²) in [7, 11) is 3.70. The van der Waals surface area contributed by atoms with E-state index in [2.05, 4.69) is 52.2 Å². The maximum Gasteiger partial charge on any atom is 0.407 e. The van der Waals surface area contributed by atoms with E-state index in [0.717, 1.165) is 64.9 Å². The first-order valence-corrected chi connectivity index (χ1v) is 19.7. The van der Waals surface area contributed by atoms with E-state index < -0.39 is 30.4 Å². The minimum atomic E-state index is -1.07. The summed E-state index contributed by atoms with van der Waals surface area (Å²) in [4.78, 5) is 83.1. The van der Waals surface area contributed by atoms with Gasteiger partial charge in [0.1, 0.15) is 23.7 Å². The number of nitrogens with one attached hydrogen (secondary N) is 5. The highest BCUT2D eigenvalue weighted by molar-refractivity contribution is 5.88. The highest BCUT2D eigenvalue weighted by atomic mass is 16.5. The molecule has 59 heavy (non-hydrogen) atoms. The molecule has 2 saturated heterocycles. The van der Waals surface area contributed by atoms with Gasteiger partial charge in [-0.25, -0.2) is 24.4 Å². The van der Waals surface area contributed by atoms with Crippen molar-refractivity contribution >= 4 is 41.1 Å². The number of aromatic amines is 2. The summed E-state index contributed by atoms with van der Waals surface area (Å²) >= 11 is 0. The van der Waals surface area contributed by atoms with Crippen molar-refractivity contribution in [2.45, 2.75) is 70.1 Å². The normalized spacial score (nSPS) is 18.8. The number of carbonyl (C=O) groups is 5. The lowest BCUT2D eigenvalue weighted by Gasteiger charge is -2.30. The number of rotatable bonds is 10. The molecule has 2 aromatic heterocycles. The molecule has 0 unspecified atom stereocenters. The number of H-pyrrole nitrogens is 2. The van der Waals surface area contributed by atoms with Gasteiger partial charge in [-0.2, -0.15) is 0 Å². The maximum atomic E-state index is 13.9. The number of methoxy groups -OCH3 is 3. The van der Waals surface area contributed by atoms with Crippen molar-refractivity contribution in [2.24, 2.45) is 11.3 Å². The van der Waals surface area contributed by atoms with E-state index in [1.165, 1.54) is 21.3 Å². The van der Waals surface area contributed by atoms with Gasteiger partial charge in [0.25, 0.3) is 0 Å². The first kappa shape index (κ1) is 40.6. The van der Waals surface area contributed by atoms with Gasteiger partial charge in [-0.05, 0) is 79.3 Å². The van der Waals surface area contributed by atoms with Crippen LogP contribution in [-0.4, -0.2) is 113 Å². The van der Waals surface area contributed by atoms with Crippen molar-refractivity contribution in [2.75, 3.05) is 41.0 Å². The molecule has 17 heteroatoms. The second-order valence-corrected chi connectivity index (χ2v) is 15.7. The number of benzene rings is 2. The van der Waals surface area contributed by atoms with Gasteiger partial charge in [0.15, 0.2) is 0 Å². The van der Waals surface area contributed by atoms with Crippen molar-refractivity contribution in [3.05, 3.63) is 71.4 Å². The van der Waals surface area contributed by atoms with Gasteiger partial charge in [0, 0.05) is 24.2 Å². The summed E-state index contributed by atoms with van der Waals surface area (Å²) in [5.74, 6) is 7.19. The molecule has 2 aromatic carbocycles. The van der Waals surface area contributed by atoms with E-state index in [0.29, 0.717) is 25.3 Å². The quantitative estimate of drug-likeness (QED) is 0.112. The molecule has 4 aromatic rings. The van der Waals surface area contributed by atoms with E-state index in [4.69, 9.17) is 9.72 Å². The fourth-order valence-electron chi connectivity index (χ4n) is 7.92. The SMILES string of the molecule is COC(=O)NC[C@H](NC(=O)OC)C(=O)N1CCC[C@H]1c1ncc(-c2ccc(C#Cc3ccc4nc([C@@H]5CC6(CC6)CN5C(=O)[C@@H](NC(=O)OC)C(C)C)[nH]c4c3)cc2)[nH]1. The summed E-state index contributed by atoms with van der Waals surface area (Å²) in [6.07, 6.45) is 3.92. The predicted octanol–water partition coefficient (Wildman–Crippen LogP) is 4.53. The summed E-state index contributed by atoms with van der Waals surface area (Å²) < 4.78 is 14.1. The zero-order valence-corrected chi connectivity index (χ0v) is 33.7. The van der Waals surface area contributed by atoms with Gasteiger partial charge in [-0.1, -0.05) is 37.8 Å². The topological polar surface area (TPSA) is 213 Å². The predicted molar refractivity (Wildman–Crippen MR) is 214 cm³/mol. The average Bonchev–Trinajstić information content (AvgIpc) is 3.73. The number of nitrogens with zero attached hydrogens (tertiary/aromatic N) is 4. The van der Waals surface area contributed by atoms with Crippen LogP contribution in [-0.2, 0) is 23.8 Å².